The number of nitrogens with zero attached hydrogens (tertiary/aromatic N) is 1. The van der Waals surface area contributed by atoms with Crippen LogP contribution < -0.4 is 19.6 Å². The van der Waals surface area contributed by atoms with Crippen molar-refractivity contribution in [3.05, 3.63) is 86.9 Å². The minimum atomic E-state index is -0.366. The minimum absolute atomic E-state index is 0.137. The molecule has 0 heterocycles. The van der Waals surface area contributed by atoms with Crippen LogP contribution in [-0.2, 0) is 11.4 Å². The lowest BCUT2D eigenvalue weighted by atomic mass is 10.1. The maximum Gasteiger partial charge on any atom is 0.277 e. The molecule has 0 saturated heterocycles. The Labute approximate surface area is 203 Å². The molecule has 3 aromatic rings. The molecule has 8 heteroatoms. The fraction of sp³-hybridized carbons (Fsp3) is 0.200. The predicted octanol–water partition coefficient (Wildman–Crippen LogP) is 5.73. The van der Waals surface area contributed by atoms with Gasteiger partial charge < -0.3 is 14.2 Å². The SMILES string of the molecule is COc1cc(/C=N/NC(=O)COc2ccc(C)cc2C)ccc1OCc1c(Cl)cccc1Cl. The van der Waals surface area contributed by atoms with E-state index >= 15 is 0 Å². The molecule has 0 bridgehead atoms. The van der Waals surface area contributed by atoms with Crippen LogP contribution >= 0.6 is 23.2 Å². The molecule has 3 rings (SSSR count). The lowest BCUT2D eigenvalue weighted by molar-refractivity contribution is -0.123. The highest BCUT2D eigenvalue weighted by molar-refractivity contribution is 6.35. The molecule has 172 valence electrons. The second-order valence-electron chi connectivity index (χ2n) is 7.25. The van der Waals surface area contributed by atoms with E-state index in [4.69, 9.17) is 37.4 Å². The Morgan fingerprint density at radius 1 is 0.970 bits per heavy atom. The van der Waals surface area contributed by atoms with Crippen LogP contribution in [0.5, 0.6) is 17.2 Å². The van der Waals surface area contributed by atoms with Gasteiger partial charge in [-0.2, -0.15) is 5.10 Å². The Bertz CT molecular complexity index is 1140. The number of hydrazone groups is 1. The molecule has 0 atom stereocenters. The normalized spacial score (nSPS) is 10.8. The molecule has 0 aliphatic carbocycles. The maximum atomic E-state index is 12.0. The fourth-order valence-electron chi connectivity index (χ4n) is 3.02. The van der Waals surface area contributed by atoms with Crippen molar-refractivity contribution in [3.8, 4) is 17.2 Å². The van der Waals surface area contributed by atoms with Gasteiger partial charge in [-0.25, -0.2) is 5.43 Å². The van der Waals surface area contributed by atoms with Crippen molar-refractivity contribution in [1.29, 1.82) is 0 Å². The van der Waals surface area contributed by atoms with Gasteiger partial charge in [-0.3, -0.25) is 4.79 Å². The quantitative estimate of drug-likeness (QED) is 0.309. The van der Waals surface area contributed by atoms with Crippen LogP contribution in [0.25, 0.3) is 0 Å². The Morgan fingerprint density at radius 2 is 1.70 bits per heavy atom. The second-order valence-corrected chi connectivity index (χ2v) is 8.06. The van der Waals surface area contributed by atoms with Crippen LogP contribution in [-0.4, -0.2) is 25.8 Å². The number of halogens is 2. The first-order chi connectivity index (χ1) is 15.9. The summed E-state index contributed by atoms with van der Waals surface area (Å²) < 4.78 is 16.8. The zero-order chi connectivity index (χ0) is 23.8. The molecular formula is C25H24Cl2N2O4. The highest BCUT2D eigenvalue weighted by Crippen LogP contribution is 2.31. The summed E-state index contributed by atoms with van der Waals surface area (Å²) in [6.45, 7) is 3.99. The lowest BCUT2D eigenvalue weighted by Crippen LogP contribution is -2.24. The van der Waals surface area contributed by atoms with E-state index in [-0.39, 0.29) is 19.1 Å². The van der Waals surface area contributed by atoms with Crippen molar-refractivity contribution in [3.63, 3.8) is 0 Å². The van der Waals surface area contributed by atoms with E-state index in [1.165, 1.54) is 13.3 Å². The van der Waals surface area contributed by atoms with E-state index < -0.39 is 0 Å². The van der Waals surface area contributed by atoms with Crippen molar-refractivity contribution >= 4 is 35.3 Å². The minimum Gasteiger partial charge on any atom is -0.493 e. The summed E-state index contributed by atoms with van der Waals surface area (Å²) in [5.74, 6) is 1.33. The van der Waals surface area contributed by atoms with Crippen LogP contribution in [0.15, 0.2) is 59.7 Å². The summed E-state index contributed by atoms with van der Waals surface area (Å²) in [5, 5.41) is 5.04. The standard InChI is InChI=1S/C25H24Cl2N2O4/c1-16-7-9-22(17(2)11-16)33-15-25(30)29-28-13-18-8-10-23(24(12-18)31-3)32-14-19-20(26)5-4-6-21(19)27/h4-13H,14-15H2,1-3H3,(H,29,30)/b28-13+. The van der Waals surface area contributed by atoms with Crippen LogP contribution in [0.1, 0.15) is 22.3 Å². The molecular weight excluding hydrogens is 463 g/mol. The molecule has 0 radical (unpaired) electrons. The average molecular weight is 487 g/mol. The summed E-state index contributed by atoms with van der Waals surface area (Å²) in [6, 6.07) is 16.3. The molecule has 33 heavy (non-hydrogen) atoms. The van der Waals surface area contributed by atoms with Crippen molar-refractivity contribution in [2.45, 2.75) is 20.5 Å². The monoisotopic (exact) mass is 486 g/mol. The molecule has 1 N–H and O–H groups in total. The number of hydrogen-bond donors (Lipinski definition) is 1. The molecule has 3 aromatic carbocycles. The smallest absolute Gasteiger partial charge is 0.277 e. The van der Waals surface area contributed by atoms with Gasteiger partial charge in [-0.1, -0.05) is 47.0 Å². The van der Waals surface area contributed by atoms with E-state index in [9.17, 15) is 4.79 Å². The summed E-state index contributed by atoms with van der Waals surface area (Å²) in [4.78, 5) is 12.0. The lowest BCUT2D eigenvalue weighted by Gasteiger charge is -2.13. The van der Waals surface area contributed by atoms with E-state index in [2.05, 4.69) is 10.5 Å². The highest BCUT2D eigenvalue weighted by Gasteiger charge is 2.10. The molecule has 6 nitrogen and oxygen atoms in total. The van der Waals surface area contributed by atoms with Gasteiger partial charge in [0.1, 0.15) is 12.4 Å². The van der Waals surface area contributed by atoms with Crippen LogP contribution in [0, 0.1) is 13.8 Å². The number of aryl methyl sites for hydroxylation is 2. The first-order valence-electron chi connectivity index (χ1n) is 10.1. The molecule has 1 amide bonds. The first kappa shape index (κ1) is 24.4. The summed E-state index contributed by atoms with van der Waals surface area (Å²) >= 11 is 12.4. The summed E-state index contributed by atoms with van der Waals surface area (Å²) in [6.07, 6.45) is 1.51. The van der Waals surface area contributed by atoms with E-state index in [0.29, 0.717) is 38.4 Å². The summed E-state index contributed by atoms with van der Waals surface area (Å²) in [5.41, 5.74) is 5.96. The predicted molar refractivity (Wildman–Crippen MR) is 131 cm³/mol. The Morgan fingerprint density at radius 3 is 2.39 bits per heavy atom. The topological polar surface area (TPSA) is 69.2 Å². The third kappa shape index (κ3) is 6.88. The van der Waals surface area contributed by atoms with Gasteiger partial charge in [0, 0.05) is 15.6 Å². The Hall–Kier alpha value is -3.22. The number of amides is 1. The molecule has 0 spiro atoms. The molecule has 0 aliphatic heterocycles. The summed E-state index contributed by atoms with van der Waals surface area (Å²) in [7, 11) is 1.54. The van der Waals surface area contributed by atoms with Crippen LogP contribution in [0.2, 0.25) is 10.0 Å². The first-order valence-corrected chi connectivity index (χ1v) is 10.9. The zero-order valence-corrected chi connectivity index (χ0v) is 20.0. The third-order valence-corrected chi connectivity index (χ3v) is 5.42. The zero-order valence-electron chi connectivity index (χ0n) is 18.5. The van der Waals surface area contributed by atoms with Crippen LogP contribution in [0.3, 0.4) is 0 Å². The number of carbonyl (C=O) groups excluding carboxylic acids is 1. The van der Waals surface area contributed by atoms with Crippen LogP contribution in [0.4, 0.5) is 0 Å². The van der Waals surface area contributed by atoms with Gasteiger partial charge in [0.25, 0.3) is 5.91 Å². The van der Waals surface area contributed by atoms with Gasteiger partial charge in [0.05, 0.1) is 13.3 Å². The Balaban J connectivity index is 1.55. The van der Waals surface area contributed by atoms with Gasteiger partial charge in [-0.15, -0.1) is 0 Å². The number of methoxy groups -OCH3 is 1. The number of ether oxygens (including phenoxy) is 3. The third-order valence-electron chi connectivity index (χ3n) is 4.71. The van der Waals surface area contributed by atoms with E-state index in [0.717, 1.165) is 11.1 Å². The average Bonchev–Trinajstić information content (AvgIpc) is 2.78. The van der Waals surface area contributed by atoms with Gasteiger partial charge in [0.2, 0.25) is 0 Å². The maximum absolute atomic E-state index is 12.0. The highest BCUT2D eigenvalue weighted by atomic mass is 35.5. The molecule has 0 aliphatic rings. The number of nitrogens with one attached hydrogen (secondary N) is 1. The van der Waals surface area contributed by atoms with Crippen molar-refractivity contribution < 1.29 is 19.0 Å². The van der Waals surface area contributed by atoms with E-state index in [1.54, 1.807) is 36.4 Å². The van der Waals surface area contributed by atoms with Gasteiger partial charge in [-0.05, 0) is 61.4 Å². The Kier molecular flexibility index (Phi) is 8.58. The second kappa shape index (κ2) is 11.6. The van der Waals surface area contributed by atoms with Crippen molar-refractivity contribution in [2.75, 3.05) is 13.7 Å². The molecule has 0 unspecified atom stereocenters. The number of rotatable bonds is 9. The largest absolute Gasteiger partial charge is 0.493 e. The van der Waals surface area contributed by atoms with Gasteiger partial charge >= 0.3 is 0 Å². The molecule has 0 fully saturated rings. The van der Waals surface area contributed by atoms with Crippen molar-refractivity contribution in [2.24, 2.45) is 5.10 Å². The van der Waals surface area contributed by atoms with Gasteiger partial charge in [0.15, 0.2) is 18.1 Å². The molecule has 0 aromatic heterocycles. The van der Waals surface area contributed by atoms with Crippen molar-refractivity contribution in [1.82, 2.24) is 5.43 Å². The number of carbonyl (C=O) groups is 1. The molecule has 0 saturated carbocycles. The fourth-order valence-corrected chi connectivity index (χ4v) is 3.53. The number of benzene rings is 3. The van der Waals surface area contributed by atoms with E-state index in [1.807, 2.05) is 32.0 Å². The number of hydrogen-bond acceptors (Lipinski definition) is 5.